The third kappa shape index (κ3) is 3.30. The topological polar surface area (TPSA) is 116 Å². The summed E-state index contributed by atoms with van der Waals surface area (Å²) in [7, 11) is -3.97. The fourth-order valence-electron chi connectivity index (χ4n) is 4.31. The van der Waals surface area contributed by atoms with Crippen molar-refractivity contribution >= 4 is 22.0 Å². The van der Waals surface area contributed by atoms with E-state index >= 15 is 0 Å². The first-order valence-corrected chi connectivity index (χ1v) is 10.9. The molecule has 0 unspecified atom stereocenters. The number of nitrogens with zero attached hydrogens (tertiary/aromatic N) is 3. The first-order chi connectivity index (χ1) is 13.8. The van der Waals surface area contributed by atoms with E-state index in [1.807, 2.05) is 42.2 Å². The minimum Gasteiger partial charge on any atom is -0.480 e. The van der Waals surface area contributed by atoms with E-state index in [1.54, 1.807) is 13.2 Å². The van der Waals surface area contributed by atoms with Crippen LogP contribution in [0.4, 0.5) is 5.82 Å². The summed E-state index contributed by atoms with van der Waals surface area (Å²) in [6.45, 7) is 5.02. The number of nitrogens with one attached hydrogen (secondary N) is 1. The molecule has 1 aliphatic carbocycles. The van der Waals surface area contributed by atoms with E-state index in [2.05, 4.69) is 9.88 Å². The Morgan fingerprint density at radius 1 is 1.24 bits per heavy atom. The van der Waals surface area contributed by atoms with Crippen molar-refractivity contribution in [3.8, 4) is 0 Å². The minimum absolute atomic E-state index is 0.238. The monoisotopic (exact) mass is 420 g/mol. The van der Waals surface area contributed by atoms with Gasteiger partial charge in [0.15, 0.2) is 5.82 Å². The standard InChI is InChI=1S/C19H24N4O5S/c1-13-12-28-20-17(13)22-8-10-23(11-9-22)29(26,27)21-19(18(24)25)14(2)16(19)15-6-4-3-5-7-15/h3-7,12,14,16,21H,8-11H2,1-2H3,(H,24,25)/t14-,16-,19+/m1/s1. The molecule has 9 nitrogen and oxygen atoms in total. The normalized spacial score (nSPS) is 27.7. The summed E-state index contributed by atoms with van der Waals surface area (Å²) in [5, 5.41) is 13.9. The van der Waals surface area contributed by atoms with Crippen LogP contribution in [0.25, 0.3) is 0 Å². The molecule has 1 saturated carbocycles. The molecule has 1 aliphatic heterocycles. The summed E-state index contributed by atoms with van der Waals surface area (Å²) in [5.41, 5.74) is 0.179. The number of aliphatic carboxylic acids is 1. The van der Waals surface area contributed by atoms with Crippen LogP contribution in [-0.2, 0) is 15.0 Å². The number of aromatic nitrogens is 1. The molecule has 1 aromatic carbocycles. The number of carbonyl (C=O) groups is 1. The molecule has 3 atom stereocenters. The lowest BCUT2D eigenvalue weighted by Gasteiger charge is -2.34. The van der Waals surface area contributed by atoms with Gasteiger partial charge in [-0.25, -0.2) is 0 Å². The Balaban J connectivity index is 1.49. The van der Waals surface area contributed by atoms with Crippen LogP contribution < -0.4 is 9.62 Å². The van der Waals surface area contributed by atoms with Gasteiger partial charge in [0.25, 0.3) is 10.2 Å². The van der Waals surface area contributed by atoms with Crippen molar-refractivity contribution in [1.29, 1.82) is 0 Å². The molecule has 10 heteroatoms. The summed E-state index contributed by atoms with van der Waals surface area (Å²) in [4.78, 5) is 14.1. The second-order valence-corrected chi connectivity index (χ2v) is 9.34. The molecule has 29 heavy (non-hydrogen) atoms. The Morgan fingerprint density at radius 3 is 2.45 bits per heavy atom. The van der Waals surface area contributed by atoms with Crippen LogP contribution in [-0.4, -0.2) is 60.7 Å². The molecule has 2 fully saturated rings. The second kappa shape index (κ2) is 7.12. The second-order valence-electron chi connectivity index (χ2n) is 7.67. The molecule has 0 radical (unpaired) electrons. The highest BCUT2D eigenvalue weighted by Gasteiger charge is 2.70. The zero-order valence-corrected chi connectivity index (χ0v) is 17.1. The lowest BCUT2D eigenvalue weighted by molar-refractivity contribution is -0.140. The van der Waals surface area contributed by atoms with E-state index in [4.69, 9.17) is 4.52 Å². The predicted octanol–water partition coefficient (Wildman–Crippen LogP) is 1.20. The van der Waals surface area contributed by atoms with Gasteiger partial charge < -0.3 is 14.5 Å². The smallest absolute Gasteiger partial charge is 0.325 e. The van der Waals surface area contributed by atoms with Crippen LogP contribution in [0.2, 0.25) is 0 Å². The Morgan fingerprint density at radius 2 is 1.90 bits per heavy atom. The van der Waals surface area contributed by atoms with Gasteiger partial charge in [-0.1, -0.05) is 42.4 Å². The predicted molar refractivity (Wildman–Crippen MR) is 106 cm³/mol. The number of hydrogen-bond donors (Lipinski definition) is 2. The summed E-state index contributed by atoms with van der Waals surface area (Å²) in [6.07, 6.45) is 1.55. The molecule has 4 rings (SSSR count). The molecule has 0 spiro atoms. The lowest BCUT2D eigenvalue weighted by atomic mass is 10.1. The van der Waals surface area contributed by atoms with Gasteiger partial charge in [0.2, 0.25) is 0 Å². The highest BCUT2D eigenvalue weighted by atomic mass is 32.2. The average Bonchev–Trinajstić information content (AvgIpc) is 3.05. The molecule has 156 valence electrons. The molecule has 0 amide bonds. The maximum Gasteiger partial charge on any atom is 0.325 e. The number of hydrogen-bond acceptors (Lipinski definition) is 6. The Labute approximate surface area is 169 Å². The molecule has 2 heterocycles. The SMILES string of the molecule is Cc1conc1N1CCN(S(=O)(=O)N[C@@]2(C(=O)O)[C@H](C)[C@@H]2c2ccccc2)CC1. The van der Waals surface area contributed by atoms with E-state index in [-0.39, 0.29) is 19.0 Å². The van der Waals surface area contributed by atoms with Crippen LogP contribution in [0.15, 0.2) is 41.1 Å². The van der Waals surface area contributed by atoms with Crippen LogP contribution in [0.5, 0.6) is 0 Å². The summed E-state index contributed by atoms with van der Waals surface area (Å²) in [6, 6.07) is 9.16. The van der Waals surface area contributed by atoms with Crippen molar-refractivity contribution in [2.75, 3.05) is 31.1 Å². The van der Waals surface area contributed by atoms with E-state index < -0.39 is 27.6 Å². The maximum atomic E-state index is 13.0. The van der Waals surface area contributed by atoms with Crippen LogP contribution >= 0.6 is 0 Å². The van der Waals surface area contributed by atoms with Crippen LogP contribution in [0.1, 0.15) is 24.0 Å². The fraction of sp³-hybridized carbons (Fsp3) is 0.474. The third-order valence-corrected chi connectivity index (χ3v) is 7.65. The number of rotatable bonds is 6. The largest absolute Gasteiger partial charge is 0.480 e. The Kier molecular flexibility index (Phi) is 4.88. The molecule has 0 bridgehead atoms. The van der Waals surface area contributed by atoms with Gasteiger partial charge in [0, 0.05) is 37.7 Å². The molecular weight excluding hydrogens is 396 g/mol. The zero-order chi connectivity index (χ0) is 20.8. The fourth-order valence-corrected chi connectivity index (χ4v) is 5.91. The van der Waals surface area contributed by atoms with Crippen LogP contribution in [0.3, 0.4) is 0 Å². The summed E-state index contributed by atoms with van der Waals surface area (Å²) in [5.74, 6) is -1.21. The Hall–Kier alpha value is -2.43. The molecule has 1 aromatic heterocycles. The van der Waals surface area contributed by atoms with E-state index in [0.717, 1.165) is 11.1 Å². The van der Waals surface area contributed by atoms with Gasteiger partial charge in [-0.15, -0.1) is 0 Å². The highest BCUT2D eigenvalue weighted by Crippen LogP contribution is 2.57. The van der Waals surface area contributed by atoms with Gasteiger partial charge in [-0.05, 0) is 18.4 Å². The number of carboxylic acid groups (broad SMARTS) is 1. The molecule has 2 aromatic rings. The average molecular weight is 420 g/mol. The first-order valence-electron chi connectivity index (χ1n) is 9.50. The maximum absolute atomic E-state index is 13.0. The van der Waals surface area contributed by atoms with Gasteiger partial charge in [0.1, 0.15) is 11.8 Å². The molecule has 1 saturated heterocycles. The van der Waals surface area contributed by atoms with Gasteiger partial charge in [-0.3, -0.25) is 4.79 Å². The van der Waals surface area contributed by atoms with E-state index in [0.29, 0.717) is 18.9 Å². The van der Waals surface area contributed by atoms with Gasteiger partial charge in [0.05, 0.1) is 0 Å². The number of benzene rings is 1. The first kappa shape index (κ1) is 19.9. The van der Waals surface area contributed by atoms with E-state index in [1.165, 1.54) is 4.31 Å². The number of anilines is 1. The third-order valence-electron chi connectivity index (χ3n) is 6.01. The lowest BCUT2D eigenvalue weighted by Crippen LogP contribution is -2.56. The van der Waals surface area contributed by atoms with Crippen molar-refractivity contribution in [1.82, 2.24) is 14.2 Å². The molecular formula is C19H24N4O5S. The van der Waals surface area contributed by atoms with E-state index in [9.17, 15) is 18.3 Å². The van der Waals surface area contributed by atoms with Crippen molar-refractivity contribution < 1.29 is 22.8 Å². The van der Waals surface area contributed by atoms with Crippen molar-refractivity contribution in [2.45, 2.75) is 25.3 Å². The van der Waals surface area contributed by atoms with Crippen molar-refractivity contribution in [2.24, 2.45) is 5.92 Å². The van der Waals surface area contributed by atoms with Crippen molar-refractivity contribution in [3.63, 3.8) is 0 Å². The summed E-state index contributed by atoms with van der Waals surface area (Å²) >= 11 is 0. The zero-order valence-electron chi connectivity index (χ0n) is 16.3. The Bertz CT molecular complexity index is 1000. The van der Waals surface area contributed by atoms with Gasteiger partial charge in [-0.2, -0.15) is 17.4 Å². The minimum atomic E-state index is -3.97. The number of aryl methyl sites for hydroxylation is 1. The number of piperazine rings is 1. The highest BCUT2D eigenvalue weighted by molar-refractivity contribution is 7.87. The van der Waals surface area contributed by atoms with Crippen molar-refractivity contribution in [3.05, 3.63) is 47.7 Å². The van der Waals surface area contributed by atoms with Crippen LogP contribution in [0, 0.1) is 12.8 Å². The molecule has 2 aliphatic rings. The number of carboxylic acids is 1. The summed E-state index contributed by atoms with van der Waals surface area (Å²) < 4.78 is 34.8. The van der Waals surface area contributed by atoms with Gasteiger partial charge >= 0.3 is 5.97 Å². The molecule has 2 N–H and O–H groups in total. The quantitative estimate of drug-likeness (QED) is 0.721.